The number of fused-ring (bicyclic) bond motifs is 1. The van der Waals surface area contributed by atoms with E-state index in [0.717, 1.165) is 22.0 Å². The molecule has 0 aromatic heterocycles. The molecule has 0 saturated carbocycles. The van der Waals surface area contributed by atoms with E-state index in [2.05, 4.69) is 5.32 Å². The first-order valence-corrected chi connectivity index (χ1v) is 16.1. The van der Waals surface area contributed by atoms with Crippen molar-refractivity contribution in [3.63, 3.8) is 0 Å². The summed E-state index contributed by atoms with van der Waals surface area (Å²) in [6.07, 6.45) is -4.35. The van der Waals surface area contributed by atoms with Crippen molar-refractivity contribution in [2.45, 2.75) is 43.9 Å². The second kappa shape index (κ2) is 13.1. The Morgan fingerprint density at radius 2 is 1.57 bits per heavy atom. The number of methoxy groups -OCH3 is 1. The molecule has 0 saturated heterocycles. The fourth-order valence-corrected chi connectivity index (χ4v) is 6.92. The maximum absolute atomic E-state index is 14.0. The van der Waals surface area contributed by atoms with Crippen LogP contribution in [0.5, 0.6) is 5.75 Å². The first kappa shape index (κ1) is 33.5. The van der Waals surface area contributed by atoms with Crippen molar-refractivity contribution in [1.82, 2.24) is 5.32 Å². The number of anilines is 1. The van der Waals surface area contributed by atoms with Crippen molar-refractivity contribution in [1.29, 1.82) is 0 Å². The standard InChI is InChI=1S/C35H33F3N2O6S/c1-34(2,33(42)45-3)22-46-28-15-11-23(12-16-28)21-39-32(41)31-20-26-7-4-5-10-30(26)40(31)47(43,44)29-17-13-24(14-18-29)25-8-6-9-27(19-25)35(36,37)38/h4-19,31H,20-22H2,1-3H3,(H,39,41)/t31-/m0/s1. The quantitative estimate of drug-likeness (QED) is 0.197. The van der Waals surface area contributed by atoms with Gasteiger partial charge < -0.3 is 14.8 Å². The van der Waals surface area contributed by atoms with Gasteiger partial charge in [-0.15, -0.1) is 0 Å². The third-order valence-electron chi connectivity index (χ3n) is 7.89. The molecule has 0 aliphatic carbocycles. The molecule has 0 spiro atoms. The van der Waals surface area contributed by atoms with Crippen LogP contribution in [-0.2, 0) is 43.5 Å². The fraction of sp³-hybridized carbons (Fsp3) is 0.257. The molecule has 4 aromatic rings. The van der Waals surface area contributed by atoms with Gasteiger partial charge >= 0.3 is 12.1 Å². The number of carbonyl (C=O) groups is 2. The van der Waals surface area contributed by atoms with E-state index in [1.165, 1.54) is 43.5 Å². The number of alkyl halides is 3. The third-order valence-corrected chi connectivity index (χ3v) is 9.73. The predicted molar refractivity (Wildman–Crippen MR) is 170 cm³/mol. The number of hydrogen-bond acceptors (Lipinski definition) is 6. The molecule has 12 heteroatoms. The normalized spacial score (nSPS) is 14.8. The van der Waals surface area contributed by atoms with Crippen LogP contribution in [0.1, 0.15) is 30.5 Å². The molecule has 47 heavy (non-hydrogen) atoms. The summed E-state index contributed by atoms with van der Waals surface area (Å²) in [4.78, 5) is 25.3. The summed E-state index contributed by atoms with van der Waals surface area (Å²) < 4.78 is 79.3. The number of hydrogen-bond donors (Lipinski definition) is 1. The number of sulfonamides is 1. The van der Waals surface area contributed by atoms with Crippen LogP contribution in [0.25, 0.3) is 11.1 Å². The topological polar surface area (TPSA) is 102 Å². The molecule has 1 amide bonds. The maximum Gasteiger partial charge on any atom is 0.416 e. The Bertz CT molecular complexity index is 1870. The molecule has 1 N–H and O–H groups in total. The molecule has 0 unspecified atom stereocenters. The smallest absolute Gasteiger partial charge is 0.416 e. The zero-order chi connectivity index (χ0) is 34.0. The van der Waals surface area contributed by atoms with E-state index < -0.39 is 45.1 Å². The van der Waals surface area contributed by atoms with E-state index >= 15 is 0 Å². The second-order valence-electron chi connectivity index (χ2n) is 11.8. The molecule has 1 aliphatic heterocycles. The minimum absolute atomic E-state index is 0.103. The Hall–Kier alpha value is -4.84. The van der Waals surface area contributed by atoms with Crippen LogP contribution in [0.15, 0.2) is 102 Å². The molecule has 8 nitrogen and oxygen atoms in total. The highest BCUT2D eigenvalue weighted by Crippen LogP contribution is 2.38. The van der Waals surface area contributed by atoms with Crippen LogP contribution in [0.4, 0.5) is 18.9 Å². The van der Waals surface area contributed by atoms with Gasteiger partial charge in [-0.2, -0.15) is 13.2 Å². The van der Waals surface area contributed by atoms with Crippen molar-refractivity contribution in [3.8, 4) is 16.9 Å². The molecular formula is C35H33F3N2O6S. The minimum atomic E-state index is -4.51. The van der Waals surface area contributed by atoms with E-state index in [1.807, 2.05) is 0 Å². The van der Waals surface area contributed by atoms with Crippen LogP contribution < -0.4 is 14.4 Å². The molecular weight excluding hydrogens is 633 g/mol. The Labute approximate surface area is 271 Å². The van der Waals surface area contributed by atoms with E-state index in [9.17, 15) is 31.2 Å². The highest BCUT2D eigenvalue weighted by Gasteiger charge is 2.42. The number of ether oxygens (including phenoxy) is 2. The van der Waals surface area contributed by atoms with Gasteiger partial charge in [-0.1, -0.05) is 54.6 Å². The van der Waals surface area contributed by atoms with Gasteiger partial charge in [-0.25, -0.2) is 8.42 Å². The lowest BCUT2D eigenvalue weighted by atomic mass is 9.95. The Kier molecular flexibility index (Phi) is 9.35. The summed E-state index contributed by atoms with van der Waals surface area (Å²) in [7, 11) is -2.93. The number of para-hydroxylation sites is 1. The van der Waals surface area contributed by atoms with Gasteiger partial charge in [-0.05, 0) is 78.6 Å². The largest absolute Gasteiger partial charge is 0.492 e. The zero-order valence-corrected chi connectivity index (χ0v) is 26.7. The average Bonchev–Trinajstić information content (AvgIpc) is 3.47. The minimum Gasteiger partial charge on any atom is -0.492 e. The van der Waals surface area contributed by atoms with Crippen LogP contribution in [0.2, 0.25) is 0 Å². The second-order valence-corrected chi connectivity index (χ2v) is 13.6. The molecule has 1 atom stereocenters. The summed E-state index contributed by atoms with van der Waals surface area (Å²) in [5.41, 5.74) is 0.870. The SMILES string of the molecule is COC(=O)C(C)(C)COc1ccc(CNC(=O)[C@@H]2Cc3ccccc3N2S(=O)(=O)c2ccc(-c3cccc(C(F)(F)F)c3)cc2)cc1. The van der Waals surface area contributed by atoms with Gasteiger partial charge in [-0.3, -0.25) is 13.9 Å². The van der Waals surface area contributed by atoms with Crippen molar-refractivity contribution >= 4 is 27.6 Å². The summed E-state index contributed by atoms with van der Waals surface area (Å²) in [5.74, 6) is -0.362. The highest BCUT2D eigenvalue weighted by atomic mass is 32.2. The zero-order valence-electron chi connectivity index (χ0n) is 25.9. The molecule has 5 rings (SSSR count). The van der Waals surface area contributed by atoms with Gasteiger partial charge in [0, 0.05) is 13.0 Å². The lowest BCUT2D eigenvalue weighted by Gasteiger charge is -2.26. The molecule has 4 aromatic carbocycles. The maximum atomic E-state index is 14.0. The fourth-order valence-electron chi connectivity index (χ4n) is 5.27. The monoisotopic (exact) mass is 666 g/mol. The summed E-state index contributed by atoms with van der Waals surface area (Å²) in [5, 5.41) is 2.84. The third kappa shape index (κ3) is 7.27. The van der Waals surface area contributed by atoms with E-state index in [-0.39, 0.29) is 30.0 Å². The van der Waals surface area contributed by atoms with Gasteiger partial charge in [0.25, 0.3) is 10.0 Å². The number of amides is 1. The Morgan fingerprint density at radius 1 is 0.894 bits per heavy atom. The Morgan fingerprint density at radius 3 is 2.23 bits per heavy atom. The average molecular weight is 667 g/mol. The number of esters is 1. The predicted octanol–water partition coefficient (Wildman–Crippen LogP) is 6.39. The van der Waals surface area contributed by atoms with Gasteiger partial charge in [0.1, 0.15) is 18.4 Å². The van der Waals surface area contributed by atoms with Gasteiger partial charge in [0.05, 0.1) is 28.7 Å². The Balaban J connectivity index is 1.31. The molecule has 0 bridgehead atoms. The van der Waals surface area contributed by atoms with E-state index in [0.29, 0.717) is 22.6 Å². The number of nitrogens with zero attached hydrogens (tertiary/aromatic N) is 1. The summed E-state index contributed by atoms with van der Waals surface area (Å²) in [6.45, 7) is 3.65. The summed E-state index contributed by atoms with van der Waals surface area (Å²) >= 11 is 0. The van der Waals surface area contributed by atoms with Gasteiger partial charge in [0.2, 0.25) is 5.91 Å². The number of carbonyl (C=O) groups excluding carboxylic acids is 2. The first-order valence-electron chi connectivity index (χ1n) is 14.7. The lowest BCUT2D eigenvalue weighted by Crippen LogP contribution is -2.47. The van der Waals surface area contributed by atoms with Crippen molar-refractivity contribution < 1.29 is 40.7 Å². The van der Waals surface area contributed by atoms with E-state index in [4.69, 9.17) is 9.47 Å². The van der Waals surface area contributed by atoms with Crippen molar-refractivity contribution in [2.24, 2.45) is 5.41 Å². The van der Waals surface area contributed by atoms with Crippen LogP contribution in [-0.4, -0.2) is 40.1 Å². The van der Waals surface area contributed by atoms with Gasteiger partial charge in [0.15, 0.2) is 0 Å². The lowest BCUT2D eigenvalue weighted by molar-refractivity contribution is -0.152. The van der Waals surface area contributed by atoms with Crippen molar-refractivity contribution in [3.05, 3.63) is 114 Å². The number of nitrogens with one attached hydrogen (secondary N) is 1. The molecule has 0 fully saturated rings. The van der Waals surface area contributed by atoms with E-state index in [1.54, 1.807) is 62.4 Å². The number of rotatable bonds is 10. The molecule has 246 valence electrons. The molecule has 0 radical (unpaired) electrons. The highest BCUT2D eigenvalue weighted by molar-refractivity contribution is 7.93. The van der Waals surface area contributed by atoms with Crippen LogP contribution in [0.3, 0.4) is 0 Å². The molecule has 1 heterocycles. The number of benzene rings is 4. The van der Waals surface area contributed by atoms with Crippen LogP contribution in [0, 0.1) is 5.41 Å². The first-order chi connectivity index (χ1) is 22.2. The van der Waals surface area contributed by atoms with Crippen LogP contribution >= 0.6 is 0 Å². The summed E-state index contributed by atoms with van der Waals surface area (Å²) in [6, 6.07) is 23.1. The number of halogens is 3. The molecule has 1 aliphatic rings. The van der Waals surface area contributed by atoms with Crippen molar-refractivity contribution in [2.75, 3.05) is 18.0 Å².